The number of aliphatic hydroxyl groups excluding tert-OH is 1. The summed E-state index contributed by atoms with van der Waals surface area (Å²) in [7, 11) is 0. The van der Waals surface area contributed by atoms with Crippen molar-refractivity contribution < 1.29 is 29.0 Å². The summed E-state index contributed by atoms with van der Waals surface area (Å²) in [6, 6.07) is -0.836. The van der Waals surface area contributed by atoms with Crippen LogP contribution in [0.5, 0.6) is 0 Å². The summed E-state index contributed by atoms with van der Waals surface area (Å²) < 4.78 is 11.7. The van der Waals surface area contributed by atoms with E-state index in [0.29, 0.717) is 25.9 Å². The Bertz CT molecular complexity index is 733. The topological polar surface area (TPSA) is 96.4 Å². The highest BCUT2D eigenvalue weighted by molar-refractivity contribution is 9.09. The van der Waals surface area contributed by atoms with Crippen LogP contribution in [-0.2, 0) is 23.9 Å². The number of esters is 1. The molecule has 8 nitrogen and oxygen atoms in total. The number of rotatable bonds is 12. The molecular weight excluding hydrogens is 480 g/mol. The molecule has 3 saturated heterocycles. The SMILES string of the molecule is C=CCN(CCCCC)C(=O)C1N(CCCO)C(=O)[C@@H]2[C@H](C(=O)OCC)[C@H]3OC12CC3Br. The van der Waals surface area contributed by atoms with Crippen molar-refractivity contribution in [3.05, 3.63) is 12.7 Å². The molecule has 9 heteroatoms. The first kappa shape index (κ1) is 25.2. The third-order valence-electron chi connectivity index (χ3n) is 6.83. The van der Waals surface area contributed by atoms with Gasteiger partial charge in [-0.25, -0.2) is 0 Å². The van der Waals surface area contributed by atoms with Gasteiger partial charge in [0.05, 0.1) is 24.5 Å². The molecule has 3 aliphatic rings. The van der Waals surface area contributed by atoms with Gasteiger partial charge in [0.1, 0.15) is 11.6 Å². The van der Waals surface area contributed by atoms with Gasteiger partial charge in [-0.15, -0.1) is 6.58 Å². The lowest BCUT2D eigenvalue weighted by atomic mass is 9.70. The molecule has 0 aliphatic carbocycles. The fraction of sp³-hybridized carbons (Fsp3) is 0.783. The third kappa shape index (κ3) is 4.23. The predicted octanol–water partition coefficient (Wildman–Crippen LogP) is 1.88. The minimum Gasteiger partial charge on any atom is -0.466 e. The Morgan fingerprint density at radius 3 is 2.75 bits per heavy atom. The zero-order valence-corrected chi connectivity index (χ0v) is 20.6. The number of hydrogen-bond acceptors (Lipinski definition) is 6. The maximum Gasteiger partial charge on any atom is 0.312 e. The minimum atomic E-state index is -1.08. The van der Waals surface area contributed by atoms with Gasteiger partial charge in [-0.3, -0.25) is 14.4 Å². The van der Waals surface area contributed by atoms with E-state index in [4.69, 9.17) is 9.47 Å². The molecule has 2 amide bonds. The zero-order valence-electron chi connectivity index (χ0n) is 19.0. The first-order valence-corrected chi connectivity index (χ1v) is 12.6. The highest BCUT2D eigenvalue weighted by Crippen LogP contribution is 2.60. The van der Waals surface area contributed by atoms with Crippen LogP contribution in [0.2, 0.25) is 0 Å². The molecule has 3 unspecified atom stereocenters. The van der Waals surface area contributed by atoms with Crippen molar-refractivity contribution in [1.29, 1.82) is 0 Å². The fourth-order valence-corrected chi connectivity index (χ4v) is 6.51. The number of hydrogen-bond donors (Lipinski definition) is 1. The molecular formula is C23H35BrN2O6. The molecule has 1 N–H and O–H groups in total. The first-order chi connectivity index (χ1) is 15.4. The average Bonchev–Trinajstić information content (AvgIpc) is 3.35. The molecule has 0 saturated carbocycles. The van der Waals surface area contributed by atoms with Crippen LogP contribution in [0.3, 0.4) is 0 Å². The number of halogens is 1. The average molecular weight is 515 g/mol. The number of nitrogens with zero attached hydrogens (tertiary/aromatic N) is 2. The summed E-state index contributed by atoms with van der Waals surface area (Å²) in [5, 5.41) is 9.40. The fourth-order valence-electron chi connectivity index (χ4n) is 5.57. The molecule has 2 bridgehead atoms. The van der Waals surface area contributed by atoms with Gasteiger partial charge in [0, 0.05) is 31.1 Å². The van der Waals surface area contributed by atoms with E-state index in [1.807, 2.05) is 0 Å². The van der Waals surface area contributed by atoms with E-state index in [0.717, 1.165) is 19.3 Å². The summed E-state index contributed by atoms with van der Waals surface area (Å²) in [6.07, 6.45) is 4.89. The number of carbonyl (C=O) groups is 3. The normalized spacial score (nSPS) is 32.8. The summed E-state index contributed by atoms with van der Waals surface area (Å²) in [6.45, 7) is 8.93. The van der Waals surface area contributed by atoms with Gasteiger partial charge in [0.2, 0.25) is 11.8 Å². The molecule has 3 rings (SSSR count). The van der Waals surface area contributed by atoms with E-state index >= 15 is 0 Å². The van der Waals surface area contributed by atoms with Crippen molar-refractivity contribution in [1.82, 2.24) is 9.80 Å². The van der Waals surface area contributed by atoms with Crippen LogP contribution in [-0.4, -0.2) is 88.1 Å². The molecule has 0 aromatic carbocycles. The maximum absolute atomic E-state index is 13.9. The number of aliphatic hydroxyl groups is 1. The molecule has 1 spiro atoms. The Morgan fingerprint density at radius 2 is 2.12 bits per heavy atom. The number of alkyl halides is 1. The van der Waals surface area contributed by atoms with E-state index in [2.05, 4.69) is 29.4 Å². The Kier molecular flexibility index (Phi) is 8.38. The van der Waals surface area contributed by atoms with Gasteiger partial charge < -0.3 is 24.4 Å². The number of likely N-dealkylation sites (tertiary alicyclic amines) is 1. The lowest BCUT2D eigenvalue weighted by Crippen LogP contribution is -2.57. The third-order valence-corrected chi connectivity index (χ3v) is 7.68. The maximum atomic E-state index is 13.9. The lowest BCUT2D eigenvalue weighted by molar-refractivity contribution is -0.154. The van der Waals surface area contributed by atoms with Crippen LogP contribution in [0, 0.1) is 11.8 Å². The molecule has 180 valence electrons. The molecule has 0 radical (unpaired) electrons. The summed E-state index contributed by atoms with van der Waals surface area (Å²) in [5.74, 6) is -2.40. The van der Waals surface area contributed by atoms with Gasteiger partial charge in [-0.2, -0.15) is 0 Å². The number of fused-ring (bicyclic) bond motifs is 1. The molecule has 0 aromatic rings. The molecule has 0 aromatic heterocycles. The second-order valence-electron chi connectivity index (χ2n) is 8.80. The Hall–Kier alpha value is -1.45. The number of amides is 2. The van der Waals surface area contributed by atoms with E-state index < -0.39 is 35.6 Å². The summed E-state index contributed by atoms with van der Waals surface area (Å²) >= 11 is 3.63. The van der Waals surface area contributed by atoms with Crippen molar-refractivity contribution in [2.24, 2.45) is 11.8 Å². The Labute approximate surface area is 198 Å². The van der Waals surface area contributed by atoms with Crippen LogP contribution in [0.25, 0.3) is 0 Å². The standard InChI is InChI=1S/C23H35BrN2O6/c1-4-7-8-11-25(10-5-2)21(29)19-23-14-15(24)18(32-23)16(22(30)31-6-3)17(23)20(28)26(19)12-9-13-27/h5,15-19,27H,2,4,6-14H2,1,3H3/t15?,16-,17-,18-,19?,23?/m0/s1. The van der Waals surface area contributed by atoms with Crippen molar-refractivity contribution >= 4 is 33.7 Å². The number of carbonyl (C=O) groups excluding carboxylic acids is 3. The zero-order chi connectivity index (χ0) is 23.5. The second-order valence-corrected chi connectivity index (χ2v) is 9.98. The van der Waals surface area contributed by atoms with Crippen LogP contribution < -0.4 is 0 Å². The monoisotopic (exact) mass is 514 g/mol. The highest BCUT2D eigenvalue weighted by atomic mass is 79.9. The van der Waals surface area contributed by atoms with E-state index in [1.165, 1.54) is 4.90 Å². The van der Waals surface area contributed by atoms with Gasteiger partial charge >= 0.3 is 5.97 Å². The Balaban J connectivity index is 1.98. The van der Waals surface area contributed by atoms with Crippen molar-refractivity contribution in [2.75, 3.05) is 32.8 Å². The quantitative estimate of drug-likeness (QED) is 0.185. The highest BCUT2D eigenvalue weighted by Gasteiger charge is 2.76. The van der Waals surface area contributed by atoms with Crippen LogP contribution >= 0.6 is 15.9 Å². The molecule has 6 atom stereocenters. The lowest BCUT2D eigenvalue weighted by Gasteiger charge is -2.37. The van der Waals surface area contributed by atoms with Gasteiger partial charge in [0.15, 0.2) is 0 Å². The first-order valence-electron chi connectivity index (χ1n) is 11.7. The molecule has 32 heavy (non-hydrogen) atoms. The summed E-state index contributed by atoms with van der Waals surface area (Å²) in [4.78, 5) is 43.5. The molecule has 3 heterocycles. The molecule has 3 aliphatic heterocycles. The number of unbranched alkanes of at least 4 members (excludes halogenated alkanes) is 2. The van der Waals surface area contributed by atoms with Gasteiger partial charge in [-0.05, 0) is 26.2 Å². The largest absolute Gasteiger partial charge is 0.466 e. The van der Waals surface area contributed by atoms with Gasteiger partial charge in [-0.1, -0.05) is 41.8 Å². The Morgan fingerprint density at radius 1 is 1.38 bits per heavy atom. The predicted molar refractivity (Wildman–Crippen MR) is 122 cm³/mol. The van der Waals surface area contributed by atoms with Crippen LogP contribution in [0.1, 0.15) is 46.0 Å². The van der Waals surface area contributed by atoms with E-state index in [9.17, 15) is 19.5 Å². The smallest absolute Gasteiger partial charge is 0.312 e. The van der Waals surface area contributed by atoms with Crippen LogP contribution in [0.4, 0.5) is 0 Å². The van der Waals surface area contributed by atoms with Gasteiger partial charge in [0.25, 0.3) is 0 Å². The van der Waals surface area contributed by atoms with Crippen molar-refractivity contribution in [2.45, 2.75) is 68.5 Å². The second kappa shape index (κ2) is 10.7. The minimum absolute atomic E-state index is 0.0961. The van der Waals surface area contributed by atoms with Crippen molar-refractivity contribution in [3.63, 3.8) is 0 Å². The molecule has 3 fully saturated rings. The summed E-state index contributed by atoms with van der Waals surface area (Å²) in [5.41, 5.74) is -1.08. The van der Waals surface area contributed by atoms with E-state index in [1.54, 1.807) is 17.9 Å². The van der Waals surface area contributed by atoms with Crippen molar-refractivity contribution in [3.8, 4) is 0 Å². The van der Waals surface area contributed by atoms with Crippen LogP contribution in [0.15, 0.2) is 12.7 Å². The van der Waals surface area contributed by atoms with E-state index in [-0.39, 0.29) is 36.4 Å². The number of ether oxygens (including phenoxy) is 2.